The van der Waals surface area contributed by atoms with Crippen molar-refractivity contribution in [3.8, 4) is 0 Å². The van der Waals surface area contributed by atoms with E-state index in [1.807, 2.05) is 0 Å². The van der Waals surface area contributed by atoms with Crippen LogP contribution in [0, 0.1) is 0 Å². The second-order valence-electron chi connectivity index (χ2n) is 0.448. The molecule has 2 N–H and O–H groups in total. The maximum atomic E-state index is 8.82. The van der Waals surface area contributed by atoms with E-state index in [0.717, 1.165) is 0 Å². The predicted molar refractivity (Wildman–Crippen MR) is 21.2 cm³/mol. The van der Waals surface area contributed by atoms with Crippen LogP contribution < -0.4 is 0 Å². The average molecular weight is 246 g/mol. The first-order valence-electron chi connectivity index (χ1n) is 0.698. The van der Waals surface area contributed by atoms with E-state index in [9.17, 15) is 0 Å². The molecule has 0 saturated heterocycles. The van der Waals surface area contributed by atoms with Gasteiger partial charge in [-0.05, 0) is 0 Å². The number of rotatable bonds is 0. The van der Waals surface area contributed by atoms with Gasteiger partial charge in [-0.1, -0.05) is 0 Å². The van der Waals surface area contributed by atoms with E-state index in [1.165, 1.54) is 0 Å². The van der Waals surface area contributed by atoms with Gasteiger partial charge < -0.3 is 0 Å². The fraction of sp³-hybridized carbons (Fsp3) is 0. The van der Waals surface area contributed by atoms with Gasteiger partial charge in [0.25, 0.3) is 0 Å². The van der Waals surface area contributed by atoms with E-state index in [-0.39, 0.29) is 24.0 Å². The molecule has 0 spiro atoms. The molecule has 0 saturated carbocycles. The molecule has 0 heterocycles. The molecule has 0 aliphatic heterocycles. The van der Waals surface area contributed by atoms with E-state index >= 15 is 0 Å². The molecule has 0 aromatic rings. The van der Waals surface area contributed by atoms with Crippen LogP contribution in [0.4, 0.5) is 0 Å². The molecule has 0 aliphatic carbocycles. The van der Waals surface area contributed by atoms with E-state index in [2.05, 4.69) is 0 Å². The van der Waals surface area contributed by atoms with Crippen molar-refractivity contribution in [3.63, 3.8) is 0 Å². The summed E-state index contributed by atoms with van der Waals surface area (Å²) in [7, 11) is 0. The van der Waals surface area contributed by atoms with Crippen molar-refractivity contribution < 1.29 is 29.5 Å². The van der Waals surface area contributed by atoms with Crippen molar-refractivity contribution in [2.24, 2.45) is 0 Å². The normalized spacial score (nSPS) is 9.67. The van der Waals surface area contributed by atoms with Crippen LogP contribution in [0.2, 0.25) is 0 Å². The van der Waals surface area contributed by atoms with Gasteiger partial charge in [-0.2, -0.15) is 0 Å². The van der Waals surface area contributed by atoms with Gasteiger partial charge in [-0.3, -0.25) is 0 Å². The van der Waals surface area contributed by atoms with Crippen molar-refractivity contribution in [1.82, 2.24) is 0 Å². The Hall–Kier alpha value is 0.782. The summed E-state index contributed by atoms with van der Waals surface area (Å²) in [5.74, 6) is 0. The monoisotopic (exact) mass is 246 g/mol. The topological polar surface area (TPSA) is 74.6 Å². The summed E-state index contributed by atoms with van der Waals surface area (Å²) in [6, 6.07) is 0. The van der Waals surface area contributed by atoms with Crippen molar-refractivity contribution in [2.45, 2.75) is 0 Å². The molecule has 0 radical (unpaired) electrons. The van der Waals surface area contributed by atoms with Crippen LogP contribution >= 0.6 is 24.0 Å². The van der Waals surface area contributed by atoms with Crippen LogP contribution in [0.5, 0.6) is 0 Å². The number of hydrogen-bond donors (Lipinski definition) is 2. The van der Waals surface area contributed by atoms with Crippen LogP contribution in [0.25, 0.3) is 0 Å². The van der Waals surface area contributed by atoms with Crippen molar-refractivity contribution in [3.05, 3.63) is 0 Å². The van der Waals surface area contributed by atoms with Crippen LogP contribution in [-0.4, -0.2) is 8.32 Å². The third-order valence-corrected chi connectivity index (χ3v) is 0. The van der Waals surface area contributed by atoms with Gasteiger partial charge in [-0.15, -0.1) is 24.0 Å². The molecular formula is H3CrIO4. The summed E-state index contributed by atoms with van der Waals surface area (Å²) in [5.41, 5.74) is 0. The Balaban J connectivity index is 0. The number of hydrogen-bond acceptors (Lipinski definition) is 2. The van der Waals surface area contributed by atoms with E-state index in [1.54, 1.807) is 0 Å². The third-order valence-electron chi connectivity index (χ3n) is 0. The molecule has 0 aromatic carbocycles. The summed E-state index contributed by atoms with van der Waals surface area (Å²) in [4.78, 5) is 0. The van der Waals surface area contributed by atoms with Gasteiger partial charge >= 0.3 is 29.5 Å². The molecule has 6 heavy (non-hydrogen) atoms. The van der Waals surface area contributed by atoms with Crippen molar-refractivity contribution >= 4 is 24.0 Å². The van der Waals surface area contributed by atoms with Crippen LogP contribution in [0.1, 0.15) is 0 Å². The Morgan fingerprint density at radius 1 is 1.17 bits per heavy atom. The average Bonchev–Trinajstić information content (AvgIpc) is 0.722. The van der Waals surface area contributed by atoms with Crippen molar-refractivity contribution in [1.29, 1.82) is 0 Å². The molecule has 0 atom stereocenters. The zero-order valence-electron chi connectivity index (χ0n) is 2.53. The van der Waals surface area contributed by atoms with Crippen molar-refractivity contribution in [2.75, 3.05) is 0 Å². The van der Waals surface area contributed by atoms with E-state index in [0.29, 0.717) is 0 Å². The standard InChI is InChI=1S/Cr.HI.2H2O.2O/h;1H;2*1H2;;/q+2;;;;;/p-2. The fourth-order valence-corrected chi connectivity index (χ4v) is 0. The van der Waals surface area contributed by atoms with Crippen LogP contribution in [0.15, 0.2) is 0 Å². The first-order chi connectivity index (χ1) is 2.00. The van der Waals surface area contributed by atoms with Gasteiger partial charge in [0, 0.05) is 0 Å². The first kappa shape index (κ1) is 9.92. The van der Waals surface area contributed by atoms with E-state index < -0.39 is 13.6 Å². The second-order valence-corrected chi connectivity index (χ2v) is 1.85. The zero-order valence-corrected chi connectivity index (χ0v) is 6.13. The summed E-state index contributed by atoms with van der Waals surface area (Å²) in [6.07, 6.45) is 0. The second kappa shape index (κ2) is 2.88. The van der Waals surface area contributed by atoms with Gasteiger partial charge in [0.1, 0.15) is 0 Å². The molecule has 0 rings (SSSR count). The Labute approximate surface area is 53.6 Å². The van der Waals surface area contributed by atoms with Gasteiger partial charge in [0.2, 0.25) is 0 Å². The number of halogens is 1. The van der Waals surface area contributed by atoms with Crippen LogP contribution in [0.3, 0.4) is 0 Å². The van der Waals surface area contributed by atoms with Gasteiger partial charge in [0.05, 0.1) is 0 Å². The quantitative estimate of drug-likeness (QED) is 0.552. The molecule has 0 amide bonds. The van der Waals surface area contributed by atoms with Crippen LogP contribution in [-0.2, 0) is 21.2 Å². The zero-order chi connectivity index (χ0) is 4.50. The molecule has 0 fully saturated rings. The minimum atomic E-state index is -5.25. The molecule has 6 heteroatoms. The predicted octanol–water partition coefficient (Wildman–Crippen LogP) is -0.736. The summed E-state index contributed by atoms with van der Waals surface area (Å²) < 4.78 is 31.9. The molecule has 40 valence electrons. The maximum absolute atomic E-state index is 8.82. The minimum absolute atomic E-state index is 0. The summed E-state index contributed by atoms with van der Waals surface area (Å²) >= 11 is -5.25. The molecular weight excluding hydrogens is 243 g/mol. The van der Waals surface area contributed by atoms with Gasteiger partial charge in [0.15, 0.2) is 0 Å². The summed E-state index contributed by atoms with van der Waals surface area (Å²) in [6.45, 7) is 0. The molecule has 0 unspecified atom stereocenters. The molecule has 0 aliphatic rings. The Morgan fingerprint density at radius 3 is 1.17 bits per heavy atom. The summed E-state index contributed by atoms with van der Waals surface area (Å²) in [5, 5.41) is 0. The van der Waals surface area contributed by atoms with E-state index in [4.69, 9.17) is 15.9 Å². The molecule has 0 aromatic heterocycles. The molecule has 0 bridgehead atoms. The SMILES string of the molecule is I.[O]=[Cr](=[O])([OH])[OH]. The molecule has 4 nitrogen and oxygen atoms in total. The fourth-order valence-electron chi connectivity index (χ4n) is 0. The first-order valence-corrected chi connectivity index (χ1v) is 2.88. The Kier molecular flexibility index (Phi) is 4.75. The third kappa shape index (κ3) is 112. The van der Waals surface area contributed by atoms with Gasteiger partial charge in [-0.25, -0.2) is 0 Å². The Morgan fingerprint density at radius 2 is 1.17 bits per heavy atom. The Bertz CT molecular complexity index is 90.7.